The highest BCUT2D eigenvalue weighted by molar-refractivity contribution is 7.12. The number of hydrogen-bond donors (Lipinski definition) is 1. The lowest BCUT2D eigenvalue weighted by Gasteiger charge is -2.13. The molecule has 2 heterocycles. The van der Waals surface area contributed by atoms with Gasteiger partial charge >= 0.3 is 0 Å². The molecule has 2 rings (SSSR count). The van der Waals surface area contributed by atoms with Gasteiger partial charge in [0.25, 0.3) is 0 Å². The number of aryl methyl sites for hydroxylation is 1. The molecule has 0 fully saturated rings. The molecule has 0 aliphatic rings. The third kappa shape index (κ3) is 2.75. The van der Waals surface area contributed by atoms with Crippen molar-refractivity contribution in [3.05, 3.63) is 38.8 Å². The molecule has 6 heteroatoms. The second-order valence-electron chi connectivity index (χ2n) is 4.02. The molecule has 0 amide bonds. The summed E-state index contributed by atoms with van der Waals surface area (Å²) in [6.07, 6.45) is 1.63. The van der Waals surface area contributed by atoms with Gasteiger partial charge < -0.3 is 10.5 Å². The number of halogens is 1. The Labute approximate surface area is 115 Å². The maximum atomic E-state index is 6.27. The number of nitrogens with zero attached hydrogens (tertiary/aromatic N) is 2. The minimum Gasteiger partial charge on any atom is -0.383 e. The summed E-state index contributed by atoms with van der Waals surface area (Å²) in [4.78, 5) is 2.33. The van der Waals surface area contributed by atoms with Crippen molar-refractivity contribution in [2.24, 2.45) is 5.73 Å². The van der Waals surface area contributed by atoms with Gasteiger partial charge in [0, 0.05) is 16.9 Å². The summed E-state index contributed by atoms with van der Waals surface area (Å²) in [5.74, 6) is 0. The van der Waals surface area contributed by atoms with Gasteiger partial charge in [-0.25, -0.2) is 0 Å². The average Bonchev–Trinajstić information content (AvgIpc) is 2.92. The Kier molecular flexibility index (Phi) is 4.40. The van der Waals surface area contributed by atoms with Gasteiger partial charge in [-0.1, -0.05) is 11.6 Å². The lowest BCUT2D eigenvalue weighted by molar-refractivity contribution is 0.182. The molecule has 4 nitrogen and oxygen atoms in total. The molecule has 0 radical (unpaired) electrons. The Balaban J connectivity index is 2.28. The predicted octanol–water partition coefficient (Wildman–Crippen LogP) is 2.60. The Morgan fingerprint density at radius 1 is 1.56 bits per heavy atom. The van der Waals surface area contributed by atoms with Crippen molar-refractivity contribution >= 4 is 22.9 Å². The van der Waals surface area contributed by atoms with Crippen LogP contribution in [0.25, 0.3) is 0 Å². The first-order valence-corrected chi connectivity index (χ1v) is 6.85. The van der Waals surface area contributed by atoms with E-state index < -0.39 is 0 Å². The van der Waals surface area contributed by atoms with Crippen LogP contribution in [0.5, 0.6) is 0 Å². The van der Waals surface area contributed by atoms with Crippen molar-refractivity contribution in [1.82, 2.24) is 9.78 Å². The van der Waals surface area contributed by atoms with Gasteiger partial charge in [-0.05, 0) is 19.1 Å². The third-order valence-electron chi connectivity index (χ3n) is 2.70. The molecule has 2 N–H and O–H groups in total. The van der Waals surface area contributed by atoms with Gasteiger partial charge in [0.2, 0.25) is 0 Å². The van der Waals surface area contributed by atoms with Gasteiger partial charge in [-0.2, -0.15) is 5.10 Å². The highest BCUT2D eigenvalue weighted by Crippen LogP contribution is 2.30. The van der Waals surface area contributed by atoms with E-state index in [4.69, 9.17) is 22.1 Å². The van der Waals surface area contributed by atoms with E-state index in [2.05, 4.69) is 18.1 Å². The van der Waals surface area contributed by atoms with Crippen LogP contribution >= 0.6 is 22.9 Å². The minimum absolute atomic E-state index is 0.240. The van der Waals surface area contributed by atoms with Crippen molar-refractivity contribution in [3.8, 4) is 0 Å². The summed E-state index contributed by atoms with van der Waals surface area (Å²) in [5.41, 5.74) is 7.11. The van der Waals surface area contributed by atoms with Crippen LogP contribution in [0.4, 0.5) is 0 Å². The number of ether oxygens (including phenoxy) is 1. The van der Waals surface area contributed by atoms with Crippen LogP contribution in [0.1, 0.15) is 21.5 Å². The molecular formula is C12H16ClN3OS. The molecule has 0 saturated carbocycles. The molecule has 2 aromatic rings. The number of thiophene rings is 1. The molecule has 0 spiro atoms. The standard InChI is InChI=1S/C12H16ClN3OS/c1-8-3-4-10(18-8)11(14)12-9(13)7-15-16(12)5-6-17-2/h3-4,7,11H,5-6,14H2,1-2H3. The molecule has 0 aliphatic heterocycles. The Bertz CT molecular complexity index is 523. The molecule has 1 atom stereocenters. The number of hydrogen-bond acceptors (Lipinski definition) is 4. The van der Waals surface area contributed by atoms with Crippen molar-refractivity contribution in [2.75, 3.05) is 13.7 Å². The van der Waals surface area contributed by atoms with Crippen molar-refractivity contribution in [3.63, 3.8) is 0 Å². The van der Waals surface area contributed by atoms with E-state index in [1.54, 1.807) is 24.6 Å². The Morgan fingerprint density at radius 3 is 2.94 bits per heavy atom. The van der Waals surface area contributed by atoms with Gasteiger partial charge in [0.05, 0.1) is 36.1 Å². The number of rotatable bonds is 5. The maximum absolute atomic E-state index is 6.27. The fourth-order valence-electron chi connectivity index (χ4n) is 1.79. The van der Waals surface area contributed by atoms with Crippen molar-refractivity contribution < 1.29 is 4.74 Å². The van der Waals surface area contributed by atoms with Crippen LogP contribution in [-0.2, 0) is 11.3 Å². The summed E-state index contributed by atoms with van der Waals surface area (Å²) in [7, 11) is 1.66. The zero-order chi connectivity index (χ0) is 13.1. The highest BCUT2D eigenvalue weighted by atomic mass is 35.5. The smallest absolute Gasteiger partial charge is 0.0838 e. The molecule has 0 aromatic carbocycles. The normalized spacial score (nSPS) is 12.9. The molecule has 1 unspecified atom stereocenters. The fraction of sp³-hybridized carbons (Fsp3) is 0.417. The number of aromatic nitrogens is 2. The van der Waals surface area contributed by atoms with Gasteiger partial charge in [0.15, 0.2) is 0 Å². The van der Waals surface area contributed by atoms with Gasteiger partial charge in [-0.3, -0.25) is 4.68 Å². The quantitative estimate of drug-likeness (QED) is 0.919. The van der Waals surface area contributed by atoms with E-state index in [9.17, 15) is 0 Å². The molecular weight excluding hydrogens is 270 g/mol. The van der Waals surface area contributed by atoms with Crippen LogP contribution in [0.2, 0.25) is 5.02 Å². The largest absolute Gasteiger partial charge is 0.383 e. The van der Waals surface area contributed by atoms with E-state index >= 15 is 0 Å². The first kappa shape index (κ1) is 13.5. The molecule has 0 saturated heterocycles. The predicted molar refractivity (Wildman–Crippen MR) is 74.2 cm³/mol. The molecule has 0 bridgehead atoms. The molecule has 2 aromatic heterocycles. The van der Waals surface area contributed by atoms with Crippen LogP contribution < -0.4 is 5.73 Å². The fourth-order valence-corrected chi connectivity index (χ4v) is 2.93. The lowest BCUT2D eigenvalue weighted by atomic mass is 10.2. The van der Waals surface area contributed by atoms with Crippen molar-refractivity contribution in [1.29, 1.82) is 0 Å². The highest BCUT2D eigenvalue weighted by Gasteiger charge is 2.19. The lowest BCUT2D eigenvalue weighted by Crippen LogP contribution is -2.18. The van der Waals surface area contributed by atoms with Crippen molar-refractivity contribution in [2.45, 2.75) is 19.5 Å². The number of nitrogens with two attached hydrogens (primary N) is 1. The molecule has 18 heavy (non-hydrogen) atoms. The van der Waals surface area contributed by atoms with E-state index in [0.717, 1.165) is 10.6 Å². The van der Waals surface area contributed by atoms with E-state index in [0.29, 0.717) is 18.2 Å². The summed E-state index contributed by atoms with van der Waals surface area (Å²) < 4.78 is 6.87. The monoisotopic (exact) mass is 285 g/mol. The van der Waals surface area contributed by atoms with Crippen LogP contribution in [-0.4, -0.2) is 23.5 Å². The zero-order valence-electron chi connectivity index (χ0n) is 10.4. The average molecular weight is 286 g/mol. The summed E-state index contributed by atoms with van der Waals surface area (Å²) in [5, 5.41) is 4.84. The number of methoxy groups -OCH3 is 1. The van der Waals surface area contributed by atoms with Crippen LogP contribution in [0.3, 0.4) is 0 Å². The van der Waals surface area contributed by atoms with Crippen LogP contribution in [0.15, 0.2) is 18.3 Å². The second kappa shape index (κ2) is 5.84. The Morgan fingerprint density at radius 2 is 2.33 bits per heavy atom. The molecule has 0 aliphatic carbocycles. The third-order valence-corrected chi connectivity index (χ3v) is 4.08. The van der Waals surface area contributed by atoms with Gasteiger partial charge in [0.1, 0.15) is 0 Å². The maximum Gasteiger partial charge on any atom is 0.0838 e. The van der Waals surface area contributed by atoms with Crippen LogP contribution in [0, 0.1) is 6.92 Å². The topological polar surface area (TPSA) is 53.1 Å². The van der Waals surface area contributed by atoms with E-state index in [1.165, 1.54) is 4.88 Å². The second-order valence-corrected chi connectivity index (χ2v) is 5.75. The first-order valence-electron chi connectivity index (χ1n) is 5.65. The Hall–Kier alpha value is -0.880. The minimum atomic E-state index is -0.240. The first-order chi connectivity index (χ1) is 8.63. The summed E-state index contributed by atoms with van der Waals surface area (Å²) in [6, 6.07) is 3.86. The zero-order valence-corrected chi connectivity index (χ0v) is 12.0. The van der Waals surface area contributed by atoms with Gasteiger partial charge in [-0.15, -0.1) is 11.3 Å². The summed E-state index contributed by atoms with van der Waals surface area (Å²) >= 11 is 7.86. The summed E-state index contributed by atoms with van der Waals surface area (Å²) in [6.45, 7) is 3.29. The van der Waals surface area contributed by atoms with E-state index in [-0.39, 0.29) is 6.04 Å². The van der Waals surface area contributed by atoms with E-state index in [1.807, 2.05) is 10.7 Å². The molecule has 98 valence electrons. The SMILES string of the molecule is COCCn1ncc(Cl)c1C(N)c1ccc(C)s1.